The van der Waals surface area contributed by atoms with Crippen LogP contribution in [0, 0.1) is 5.82 Å². The summed E-state index contributed by atoms with van der Waals surface area (Å²) in [5, 5.41) is 10.5. The molecule has 23 heavy (non-hydrogen) atoms. The third-order valence-corrected chi connectivity index (χ3v) is 3.61. The van der Waals surface area contributed by atoms with Crippen LogP contribution in [0.3, 0.4) is 0 Å². The van der Waals surface area contributed by atoms with Crippen LogP contribution in [0.1, 0.15) is 12.5 Å². The summed E-state index contributed by atoms with van der Waals surface area (Å²) in [5.41, 5.74) is 1.59. The molecule has 1 N–H and O–H groups in total. The van der Waals surface area contributed by atoms with E-state index >= 15 is 0 Å². The third-order valence-electron chi connectivity index (χ3n) is 3.11. The second-order valence-electron chi connectivity index (χ2n) is 4.68. The number of allylic oxidation sites excluding steroid dienone is 5. The van der Waals surface area contributed by atoms with E-state index in [1.165, 1.54) is 18.2 Å². The van der Waals surface area contributed by atoms with Gasteiger partial charge in [-0.3, -0.25) is 0 Å². The van der Waals surface area contributed by atoms with Gasteiger partial charge in [0.2, 0.25) is 0 Å². The first-order chi connectivity index (χ1) is 11.0. The second-order valence-corrected chi connectivity index (χ2v) is 5.47. The lowest BCUT2D eigenvalue weighted by atomic mass is 10.0. The van der Waals surface area contributed by atoms with Crippen molar-refractivity contribution in [3.05, 3.63) is 76.7 Å². The fourth-order valence-electron chi connectivity index (χ4n) is 2.10. The molecule has 5 heteroatoms. The van der Waals surface area contributed by atoms with Gasteiger partial charge in [0.25, 0.3) is 0 Å². The first kappa shape index (κ1) is 17.3. The Balaban J connectivity index is 2.72. The van der Waals surface area contributed by atoms with Crippen molar-refractivity contribution in [1.82, 2.24) is 4.98 Å². The maximum absolute atomic E-state index is 14.1. The molecule has 0 saturated carbocycles. The molecule has 0 atom stereocenters. The maximum atomic E-state index is 14.1. The molecule has 0 bridgehead atoms. The molecule has 0 aliphatic carbocycles. The Hall–Kier alpha value is -2.10. The summed E-state index contributed by atoms with van der Waals surface area (Å²) in [6.07, 6.45) is 6.89. The Kier molecular flexibility index (Phi) is 5.59. The van der Waals surface area contributed by atoms with E-state index in [4.69, 9.17) is 23.2 Å². The molecular weight excluding hydrogens is 336 g/mol. The molecule has 2 nitrogen and oxygen atoms in total. The highest BCUT2D eigenvalue weighted by atomic mass is 35.5. The third kappa shape index (κ3) is 3.81. The zero-order valence-corrected chi connectivity index (χ0v) is 13.9. The van der Waals surface area contributed by atoms with Gasteiger partial charge in [0.1, 0.15) is 5.82 Å². The largest absolute Gasteiger partial charge is 0.504 e. The van der Waals surface area contributed by atoms with Crippen molar-refractivity contribution < 1.29 is 9.50 Å². The lowest BCUT2D eigenvalue weighted by Crippen LogP contribution is -1.93. The summed E-state index contributed by atoms with van der Waals surface area (Å²) >= 11 is 11.9. The van der Waals surface area contributed by atoms with Gasteiger partial charge in [-0.2, -0.15) is 0 Å². The van der Waals surface area contributed by atoms with Crippen molar-refractivity contribution >= 4 is 28.8 Å². The summed E-state index contributed by atoms with van der Waals surface area (Å²) in [5.74, 6) is -0.654. The van der Waals surface area contributed by atoms with Crippen LogP contribution in [-0.4, -0.2) is 10.1 Å². The Morgan fingerprint density at radius 1 is 1.30 bits per heavy atom. The molecule has 0 spiro atoms. The van der Waals surface area contributed by atoms with E-state index in [0.29, 0.717) is 16.2 Å². The van der Waals surface area contributed by atoms with E-state index in [1.807, 2.05) is 13.0 Å². The molecule has 1 aromatic heterocycles. The van der Waals surface area contributed by atoms with Gasteiger partial charge in [0, 0.05) is 16.1 Å². The van der Waals surface area contributed by atoms with Gasteiger partial charge < -0.3 is 5.11 Å². The Morgan fingerprint density at radius 3 is 2.70 bits per heavy atom. The minimum Gasteiger partial charge on any atom is -0.504 e. The Morgan fingerprint density at radius 2 is 2.04 bits per heavy atom. The molecule has 1 heterocycles. The minimum absolute atomic E-state index is 0.114. The zero-order chi connectivity index (χ0) is 17.0. The van der Waals surface area contributed by atoms with E-state index in [9.17, 15) is 9.50 Å². The van der Waals surface area contributed by atoms with Crippen LogP contribution in [0.4, 0.5) is 4.39 Å². The highest BCUT2D eigenvalue weighted by Crippen LogP contribution is 2.36. The molecule has 1 aromatic carbocycles. The maximum Gasteiger partial charge on any atom is 0.172 e. The van der Waals surface area contributed by atoms with Crippen molar-refractivity contribution in [2.24, 2.45) is 0 Å². The predicted molar refractivity (Wildman–Crippen MR) is 94.3 cm³/mol. The van der Waals surface area contributed by atoms with Crippen molar-refractivity contribution in [3.63, 3.8) is 0 Å². The molecule has 2 rings (SSSR count). The van der Waals surface area contributed by atoms with Crippen molar-refractivity contribution in [3.8, 4) is 17.0 Å². The van der Waals surface area contributed by atoms with Crippen LogP contribution in [0.25, 0.3) is 16.8 Å². The number of aromatic nitrogens is 1. The Labute approximate surface area is 144 Å². The summed E-state index contributed by atoms with van der Waals surface area (Å²) in [6, 6.07) is 5.73. The number of pyridine rings is 1. The van der Waals surface area contributed by atoms with Gasteiger partial charge in [0.05, 0.1) is 5.69 Å². The van der Waals surface area contributed by atoms with Crippen LogP contribution in [-0.2, 0) is 0 Å². The summed E-state index contributed by atoms with van der Waals surface area (Å²) < 4.78 is 14.1. The van der Waals surface area contributed by atoms with Crippen LogP contribution in [0.2, 0.25) is 10.2 Å². The first-order valence-electron chi connectivity index (χ1n) is 6.78. The van der Waals surface area contributed by atoms with Crippen molar-refractivity contribution in [2.75, 3.05) is 0 Å². The lowest BCUT2D eigenvalue weighted by molar-refractivity contribution is 0.471. The molecule has 118 valence electrons. The number of halogens is 3. The standard InChI is InChI=1S/C18H14Cl2FNO/c1-3-5-11(6-4-2)13-10-16(22-18(20)17(13)23)14-9-12(19)7-8-15(14)21/h3-10,23H,1H2,2H3/b6-4-,11-5+. The van der Waals surface area contributed by atoms with Crippen LogP contribution in [0.5, 0.6) is 5.75 Å². The molecule has 0 saturated heterocycles. The minimum atomic E-state index is -0.477. The molecule has 0 fully saturated rings. The van der Waals surface area contributed by atoms with Gasteiger partial charge in [-0.15, -0.1) is 0 Å². The number of hydrogen-bond donors (Lipinski definition) is 1. The molecular formula is C18H14Cl2FNO. The quantitative estimate of drug-likeness (QED) is 0.538. The van der Waals surface area contributed by atoms with Crippen LogP contribution >= 0.6 is 23.2 Å². The number of aromatic hydroxyl groups is 1. The van der Waals surface area contributed by atoms with Gasteiger partial charge in [0.15, 0.2) is 10.9 Å². The molecule has 0 aliphatic heterocycles. The normalized spacial score (nSPS) is 11.9. The highest BCUT2D eigenvalue weighted by molar-refractivity contribution is 6.31. The fraction of sp³-hybridized carbons (Fsp3) is 0.0556. The smallest absolute Gasteiger partial charge is 0.172 e. The average molecular weight is 350 g/mol. The Bertz CT molecular complexity index is 813. The van der Waals surface area contributed by atoms with Crippen molar-refractivity contribution in [2.45, 2.75) is 6.92 Å². The first-order valence-corrected chi connectivity index (χ1v) is 7.54. The van der Waals surface area contributed by atoms with Crippen LogP contribution < -0.4 is 0 Å². The summed E-state index contributed by atoms with van der Waals surface area (Å²) in [6.45, 7) is 5.49. The van der Waals surface area contributed by atoms with Crippen molar-refractivity contribution in [1.29, 1.82) is 0 Å². The van der Waals surface area contributed by atoms with E-state index in [0.717, 1.165) is 0 Å². The highest BCUT2D eigenvalue weighted by Gasteiger charge is 2.16. The number of benzene rings is 1. The number of rotatable bonds is 4. The average Bonchev–Trinajstić information content (AvgIpc) is 2.52. The molecule has 0 unspecified atom stereocenters. The van der Waals surface area contributed by atoms with E-state index in [-0.39, 0.29) is 22.2 Å². The van der Waals surface area contributed by atoms with Gasteiger partial charge in [-0.25, -0.2) is 9.37 Å². The van der Waals surface area contributed by atoms with Gasteiger partial charge in [-0.1, -0.05) is 54.1 Å². The summed E-state index contributed by atoms with van der Waals surface area (Å²) in [4.78, 5) is 4.05. The lowest BCUT2D eigenvalue weighted by Gasteiger charge is -2.11. The summed E-state index contributed by atoms with van der Waals surface area (Å²) in [7, 11) is 0. The number of hydrogen-bond acceptors (Lipinski definition) is 2. The van der Waals surface area contributed by atoms with Crippen LogP contribution in [0.15, 0.2) is 55.1 Å². The molecule has 2 aromatic rings. The molecule has 0 amide bonds. The molecule has 0 radical (unpaired) electrons. The van der Waals surface area contributed by atoms with Gasteiger partial charge >= 0.3 is 0 Å². The fourth-order valence-corrected chi connectivity index (χ4v) is 2.47. The van der Waals surface area contributed by atoms with E-state index in [2.05, 4.69) is 11.6 Å². The second kappa shape index (κ2) is 7.44. The predicted octanol–water partition coefficient (Wildman–Crippen LogP) is 6.05. The van der Waals surface area contributed by atoms with Gasteiger partial charge in [-0.05, 0) is 36.8 Å². The topological polar surface area (TPSA) is 33.1 Å². The SMILES string of the molecule is C=C/C=C(\C=C/C)c1cc(-c2cc(Cl)ccc2F)nc(Cl)c1O. The molecule has 0 aliphatic rings. The number of nitrogens with zero attached hydrogens (tertiary/aromatic N) is 1. The van der Waals surface area contributed by atoms with E-state index < -0.39 is 5.82 Å². The monoisotopic (exact) mass is 349 g/mol. The van der Waals surface area contributed by atoms with E-state index in [1.54, 1.807) is 24.3 Å². The zero-order valence-electron chi connectivity index (χ0n) is 12.4.